The highest BCUT2D eigenvalue weighted by molar-refractivity contribution is 7.00. The molecule has 0 radical (unpaired) electrons. The number of rotatable bonds is 8. The van der Waals surface area contributed by atoms with Crippen molar-refractivity contribution in [2.75, 3.05) is 19.6 Å². The smallest absolute Gasteiger partial charge is 0.252 e. The number of anilines is 12. The Bertz CT molecular complexity index is 3930. The number of hydrogen-bond donors (Lipinski definition) is 0. The lowest BCUT2D eigenvalue weighted by molar-refractivity contribution is 0.590. The average Bonchev–Trinajstić information content (AvgIpc) is 3.97. The van der Waals surface area contributed by atoms with Gasteiger partial charge < -0.3 is 24.0 Å². The van der Waals surface area contributed by atoms with Gasteiger partial charge in [-0.05, 0) is 166 Å². The van der Waals surface area contributed by atoms with E-state index in [0.717, 1.165) is 90.2 Å². The normalized spacial score (nSPS) is 12.7. The van der Waals surface area contributed by atoms with Crippen molar-refractivity contribution in [3.63, 3.8) is 0 Å². The molecular weight excluding hydrogens is 924 g/mol. The molecule has 0 spiro atoms. The van der Waals surface area contributed by atoms with E-state index in [-0.39, 0.29) is 12.1 Å². The molecule has 5 nitrogen and oxygen atoms in total. The van der Waals surface area contributed by atoms with Crippen LogP contribution in [0.3, 0.4) is 0 Å². The molecule has 10 aromatic carbocycles. The van der Waals surface area contributed by atoms with Crippen LogP contribution in [-0.4, -0.2) is 6.71 Å². The van der Waals surface area contributed by atoms with Crippen LogP contribution < -0.4 is 36.0 Å². The third-order valence-electron chi connectivity index (χ3n) is 15.7. The summed E-state index contributed by atoms with van der Waals surface area (Å²) in [6, 6.07) is 77.3. The number of furan rings is 1. The predicted octanol–water partition coefficient (Wildman–Crippen LogP) is 17.8. The van der Waals surface area contributed by atoms with Gasteiger partial charge in [-0.1, -0.05) is 163 Å². The predicted molar refractivity (Wildman–Crippen MR) is 324 cm³/mol. The van der Waals surface area contributed by atoms with Gasteiger partial charge in [-0.25, -0.2) is 0 Å². The number of benzene rings is 10. The fourth-order valence-electron chi connectivity index (χ4n) is 11.7. The first kappa shape index (κ1) is 47.0. The van der Waals surface area contributed by atoms with E-state index in [0.29, 0.717) is 0 Å². The lowest BCUT2D eigenvalue weighted by Gasteiger charge is -2.46. The molecule has 0 fully saturated rings. The molecule has 1 aromatic heterocycles. The number of fused-ring (bicyclic) bond motifs is 7. The van der Waals surface area contributed by atoms with E-state index < -0.39 is 0 Å². The molecule has 0 unspecified atom stereocenters. The summed E-state index contributed by atoms with van der Waals surface area (Å²) in [6.07, 6.45) is 0. The molecule has 0 saturated carbocycles. The summed E-state index contributed by atoms with van der Waals surface area (Å²) in [4.78, 5) is 10.00. The molecule has 6 heteroatoms. The minimum atomic E-state index is -0.183. The Labute approximate surface area is 448 Å². The van der Waals surface area contributed by atoms with Gasteiger partial charge >= 0.3 is 0 Å². The first-order valence-corrected chi connectivity index (χ1v) is 26.7. The zero-order valence-corrected chi connectivity index (χ0v) is 44.9. The van der Waals surface area contributed by atoms with Gasteiger partial charge in [0.15, 0.2) is 5.58 Å². The second kappa shape index (κ2) is 18.0. The van der Waals surface area contributed by atoms with Gasteiger partial charge in [0.1, 0.15) is 11.3 Å². The van der Waals surface area contributed by atoms with Crippen LogP contribution >= 0.6 is 0 Å². The molecule has 0 saturated heterocycles. The standard InChI is InChI=1S/C70H61BN4O/c1-44-14-27-51(28-15-44)72(52-29-16-45(2)17-30-52)57-41-63-66-64(42-57)75(56-37-25-50(26-38-56)70(7,8)9)67-61(71(66)60-40-49(6)24-39-62(60)74(63)55-35-22-48(5)23-36-55)43-59-58-12-10-11-13-65(58)76-69(59)68(67)73(53-31-18-46(3)19-32-53)54-33-20-47(4)21-34-54/h10-43H,1-9H3. The number of aryl methyl sites for hydroxylation is 6. The van der Waals surface area contributed by atoms with E-state index in [4.69, 9.17) is 4.42 Å². The largest absolute Gasteiger partial charge is 0.454 e. The van der Waals surface area contributed by atoms with Crippen molar-refractivity contribution in [2.24, 2.45) is 0 Å². The Morgan fingerprint density at radius 3 is 1.39 bits per heavy atom. The van der Waals surface area contributed by atoms with Crippen LogP contribution in [0.5, 0.6) is 0 Å². The van der Waals surface area contributed by atoms with Gasteiger partial charge in [-0.15, -0.1) is 0 Å². The molecule has 2 aliphatic heterocycles. The molecule has 2 aliphatic rings. The summed E-state index contributed by atoms with van der Waals surface area (Å²) in [7, 11) is 0. The van der Waals surface area contributed by atoms with Crippen LogP contribution in [0.1, 0.15) is 59.7 Å². The monoisotopic (exact) mass is 984 g/mol. The fraction of sp³-hybridized carbons (Fsp3) is 0.143. The van der Waals surface area contributed by atoms with E-state index in [9.17, 15) is 0 Å². The summed E-state index contributed by atoms with van der Waals surface area (Å²) in [5.74, 6) is 0. The molecule has 11 aromatic rings. The summed E-state index contributed by atoms with van der Waals surface area (Å²) >= 11 is 0. The molecule has 0 N–H and O–H groups in total. The zero-order chi connectivity index (χ0) is 52.1. The molecule has 0 aliphatic carbocycles. The molecule has 0 atom stereocenters. The van der Waals surface area contributed by atoms with Crippen molar-refractivity contribution in [3.05, 3.63) is 245 Å². The lowest BCUT2D eigenvalue weighted by Crippen LogP contribution is -2.61. The minimum absolute atomic E-state index is 0.0551. The maximum atomic E-state index is 7.35. The van der Waals surface area contributed by atoms with Gasteiger partial charge in [0, 0.05) is 62.0 Å². The second-order valence-electron chi connectivity index (χ2n) is 22.3. The highest BCUT2D eigenvalue weighted by Gasteiger charge is 2.47. The van der Waals surface area contributed by atoms with Crippen LogP contribution in [0.2, 0.25) is 0 Å². The van der Waals surface area contributed by atoms with Gasteiger partial charge in [0.25, 0.3) is 6.71 Å². The van der Waals surface area contributed by atoms with Crippen LogP contribution in [0, 0.1) is 41.5 Å². The summed E-state index contributed by atoms with van der Waals surface area (Å²) in [6.45, 7) is 19.8. The first-order valence-electron chi connectivity index (χ1n) is 26.7. The Morgan fingerprint density at radius 2 is 0.855 bits per heavy atom. The van der Waals surface area contributed by atoms with Crippen molar-refractivity contribution in [1.82, 2.24) is 0 Å². The molecule has 13 rings (SSSR count). The second-order valence-corrected chi connectivity index (χ2v) is 22.3. The van der Waals surface area contributed by atoms with Gasteiger partial charge in [-0.3, -0.25) is 0 Å². The number of para-hydroxylation sites is 1. The number of hydrogen-bond acceptors (Lipinski definition) is 5. The molecule has 370 valence electrons. The minimum Gasteiger partial charge on any atom is -0.454 e. The fourth-order valence-corrected chi connectivity index (χ4v) is 11.7. The van der Waals surface area contributed by atoms with E-state index in [2.05, 4.69) is 288 Å². The SMILES string of the molecule is Cc1ccc(N(c2ccc(C)cc2)c2cc3c4c(c2)N(c2ccc(C(C)(C)C)cc2)c2c(cc5c(oc6ccccc65)c2N(c2ccc(C)cc2)c2ccc(C)cc2)B4c2cc(C)ccc2N3c2ccc(C)cc2)cc1. The highest BCUT2D eigenvalue weighted by Crippen LogP contribution is 2.54. The van der Waals surface area contributed by atoms with E-state index >= 15 is 0 Å². The van der Waals surface area contributed by atoms with Crippen molar-refractivity contribution in [3.8, 4) is 0 Å². The van der Waals surface area contributed by atoms with Crippen molar-refractivity contribution < 1.29 is 4.42 Å². The highest BCUT2D eigenvalue weighted by atomic mass is 16.3. The maximum Gasteiger partial charge on any atom is 0.252 e. The van der Waals surface area contributed by atoms with Crippen molar-refractivity contribution in [2.45, 2.75) is 67.7 Å². The van der Waals surface area contributed by atoms with E-state index in [1.54, 1.807) is 0 Å². The van der Waals surface area contributed by atoms with Gasteiger partial charge in [0.2, 0.25) is 0 Å². The zero-order valence-electron chi connectivity index (χ0n) is 44.9. The summed E-state index contributed by atoms with van der Waals surface area (Å²) in [5, 5.41) is 2.17. The van der Waals surface area contributed by atoms with Crippen LogP contribution in [0.4, 0.5) is 68.2 Å². The van der Waals surface area contributed by atoms with E-state index in [1.807, 2.05) is 0 Å². The molecular formula is C70H61BN4O. The van der Waals surface area contributed by atoms with Gasteiger partial charge in [-0.2, -0.15) is 0 Å². The summed E-state index contributed by atoms with van der Waals surface area (Å²) < 4.78 is 7.35. The Kier molecular flexibility index (Phi) is 11.1. The third kappa shape index (κ3) is 7.85. The average molecular weight is 985 g/mol. The molecule has 0 amide bonds. The van der Waals surface area contributed by atoms with Crippen molar-refractivity contribution in [1.29, 1.82) is 0 Å². The first-order chi connectivity index (χ1) is 36.8. The topological polar surface area (TPSA) is 26.1 Å². The molecule has 3 heterocycles. The quantitative estimate of drug-likeness (QED) is 0.141. The van der Waals surface area contributed by atoms with Crippen molar-refractivity contribution >= 4 is 113 Å². The Balaban J connectivity index is 1.23. The third-order valence-corrected chi connectivity index (χ3v) is 15.7. The number of nitrogens with zero attached hydrogens (tertiary/aromatic N) is 4. The lowest BCUT2D eigenvalue weighted by atomic mass is 9.33. The Morgan fingerprint density at radius 1 is 0.395 bits per heavy atom. The van der Waals surface area contributed by atoms with Crippen LogP contribution in [0.25, 0.3) is 21.9 Å². The van der Waals surface area contributed by atoms with Gasteiger partial charge in [0.05, 0.1) is 11.4 Å². The summed E-state index contributed by atoms with van der Waals surface area (Å²) in [5.41, 5.74) is 26.8. The van der Waals surface area contributed by atoms with E-state index in [1.165, 1.54) is 55.3 Å². The maximum absolute atomic E-state index is 7.35. The Hall–Kier alpha value is -8.74. The van der Waals surface area contributed by atoms with Crippen LogP contribution in [0.15, 0.2) is 211 Å². The van der Waals surface area contributed by atoms with Crippen LogP contribution in [-0.2, 0) is 5.41 Å². The molecule has 0 bridgehead atoms. The molecule has 76 heavy (non-hydrogen) atoms.